The van der Waals surface area contributed by atoms with Crippen LogP contribution in [0, 0.1) is 22.7 Å². The number of carbonyl (C=O) groups is 2. The zero-order valence-corrected chi connectivity index (χ0v) is 20.6. The van der Waals surface area contributed by atoms with Gasteiger partial charge in [-0.2, -0.15) is 5.26 Å². The van der Waals surface area contributed by atoms with E-state index in [0.29, 0.717) is 12.8 Å². The molecule has 0 spiro atoms. The fourth-order valence-electron chi connectivity index (χ4n) is 3.50. The third kappa shape index (κ3) is 6.67. The van der Waals surface area contributed by atoms with Gasteiger partial charge in [-0.1, -0.05) is 33.6 Å². The molecule has 0 bridgehead atoms. The molecule has 0 unspecified atom stereocenters. The Kier molecular flexibility index (Phi) is 10.5. The summed E-state index contributed by atoms with van der Waals surface area (Å²) in [5, 5.41) is 40.8. The second kappa shape index (κ2) is 13.1. The van der Waals surface area contributed by atoms with Crippen LogP contribution < -0.4 is 11.1 Å². The molecule has 198 valence electrons. The van der Waals surface area contributed by atoms with Crippen LogP contribution in [0.3, 0.4) is 0 Å². The summed E-state index contributed by atoms with van der Waals surface area (Å²) in [6.45, 7) is 5.30. The lowest BCUT2D eigenvalue weighted by Gasteiger charge is -2.23. The van der Waals surface area contributed by atoms with Crippen molar-refractivity contribution in [2.75, 3.05) is 13.2 Å². The van der Waals surface area contributed by atoms with Gasteiger partial charge in [-0.3, -0.25) is 15.5 Å². The predicted molar refractivity (Wildman–Crippen MR) is 128 cm³/mol. The second-order valence-electron chi connectivity index (χ2n) is 8.70. The van der Waals surface area contributed by atoms with Gasteiger partial charge >= 0.3 is 12.1 Å². The number of rotatable bonds is 11. The predicted octanol–water partition coefficient (Wildman–Crippen LogP) is 0.651. The number of esters is 1. The smallest absolute Gasteiger partial charge is 0.412 e. The molecule has 0 saturated carbocycles. The summed E-state index contributed by atoms with van der Waals surface area (Å²) in [5.41, 5.74) is 3.96. The molecular weight excluding hydrogens is 472 g/mol. The number of amides is 1. The van der Waals surface area contributed by atoms with E-state index in [0.717, 1.165) is 12.8 Å². The molecule has 1 aliphatic rings. The van der Waals surface area contributed by atoms with Crippen molar-refractivity contribution in [3.8, 4) is 6.07 Å². The number of aliphatic hydroxyl groups excluding tert-OH is 2. The number of aliphatic hydroxyl groups is 2. The van der Waals surface area contributed by atoms with E-state index in [1.807, 2.05) is 13.0 Å². The Hall–Kier alpha value is -3.31. The van der Waals surface area contributed by atoms with Gasteiger partial charge in [0.25, 0.3) is 0 Å². The van der Waals surface area contributed by atoms with Gasteiger partial charge in [0, 0.05) is 0 Å². The Morgan fingerprint density at radius 3 is 2.72 bits per heavy atom. The molecule has 1 aromatic rings. The van der Waals surface area contributed by atoms with Crippen LogP contribution in [-0.2, 0) is 24.6 Å². The van der Waals surface area contributed by atoms with Crippen molar-refractivity contribution >= 4 is 24.2 Å². The molecule has 0 radical (unpaired) electrons. The van der Waals surface area contributed by atoms with Crippen LogP contribution in [0.15, 0.2) is 17.1 Å². The van der Waals surface area contributed by atoms with E-state index >= 15 is 0 Å². The molecule has 13 nitrogen and oxygen atoms in total. The number of unbranched alkanes of at least 4 members (excludes halogenated alkanes) is 2. The van der Waals surface area contributed by atoms with E-state index in [2.05, 4.69) is 15.3 Å². The third-order valence-electron chi connectivity index (χ3n) is 5.74. The van der Waals surface area contributed by atoms with Crippen molar-refractivity contribution in [1.82, 2.24) is 10.3 Å². The second-order valence-corrected chi connectivity index (χ2v) is 8.70. The normalized spacial score (nSPS) is 24.7. The average molecular weight is 507 g/mol. The number of H-pyrrole nitrogens is 1. The van der Waals surface area contributed by atoms with Crippen molar-refractivity contribution in [3.63, 3.8) is 0 Å². The summed E-state index contributed by atoms with van der Waals surface area (Å²) in [6.07, 6.45) is -1.94. The van der Waals surface area contributed by atoms with Crippen LogP contribution in [0.25, 0.3) is 0 Å². The Labute approximate surface area is 209 Å². The number of aromatic amines is 1. The number of alkyl carbamates (subject to hydrolysis) is 1. The molecule has 0 aliphatic carbocycles. The maximum atomic E-state index is 12.1. The maximum absolute atomic E-state index is 12.1. The van der Waals surface area contributed by atoms with Gasteiger partial charge in [-0.15, -0.1) is 0 Å². The zero-order valence-electron chi connectivity index (χ0n) is 20.6. The van der Waals surface area contributed by atoms with Crippen molar-refractivity contribution in [3.05, 3.63) is 23.5 Å². The summed E-state index contributed by atoms with van der Waals surface area (Å²) in [4.78, 5) is 30.8. The fraction of sp³-hybridized carbons (Fsp3) is 0.609. The molecule has 2 heterocycles. The van der Waals surface area contributed by atoms with Crippen LogP contribution in [0.2, 0.25) is 0 Å². The fourth-order valence-corrected chi connectivity index (χ4v) is 3.50. The van der Waals surface area contributed by atoms with Gasteiger partial charge in [0.1, 0.15) is 43.4 Å². The molecule has 7 N–H and O–H groups in total. The van der Waals surface area contributed by atoms with Gasteiger partial charge in [-0.05, 0) is 24.5 Å². The van der Waals surface area contributed by atoms with Gasteiger partial charge in [-0.25, -0.2) is 9.79 Å². The molecule has 1 aromatic heterocycles. The van der Waals surface area contributed by atoms with E-state index in [-0.39, 0.29) is 29.7 Å². The number of hydrogen-bond acceptors (Lipinski definition) is 10. The highest BCUT2D eigenvalue weighted by Crippen LogP contribution is 2.39. The number of nitrogens with one attached hydrogen (secondary N) is 3. The largest absolute Gasteiger partial charge is 0.462 e. The number of carbonyl (C=O) groups excluding carboxylic acids is 2. The highest BCUT2D eigenvalue weighted by atomic mass is 16.6. The molecule has 1 fully saturated rings. The van der Waals surface area contributed by atoms with Crippen LogP contribution >= 0.6 is 0 Å². The molecule has 13 heteroatoms. The van der Waals surface area contributed by atoms with Gasteiger partial charge < -0.3 is 35.1 Å². The SMILES string of the molecule is CCCCCOC(=O)N/C(=N/C=N)c1ccc([C@]2(C#N)O[C@H](COC(=O)[C@@H](N)C(C)C)[C@@H](O)[C@H]2O)[nH]1. The number of nitrogens with zero attached hydrogens (tertiary/aromatic N) is 2. The lowest BCUT2D eigenvalue weighted by Crippen LogP contribution is -2.41. The van der Waals surface area contributed by atoms with Crippen LogP contribution in [0.1, 0.15) is 51.4 Å². The molecule has 5 atom stereocenters. The first-order valence-corrected chi connectivity index (χ1v) is 11.7. The van der Waals surface area contributed by atoms with Gasteiger partial charge in [0.2, 0.25) is 5.60 Å². The lowest BCUT2D eigenvalue weighted by atomic mass is 9.93. The van der Waals surface area contributed by atoms with Crippen molar-refractivity contribution < 1.29 is 34.0 Å². The Morgan fingerprint density at radius 2 is 2.11 bits per heavy atom. The van der Waals surface area contributed by atoms with E-state index in [1.165, 1.54) is 12.1 Å². The minimum Gasteiger partial charge on any atom is -0.462 e. The summed E-state index contributed by atoms with van der Waals surface area (Å²) in [6, 6.07) is 3.85. The maximum Gasteiger partial charge on any atom is 0.412 e. The number of aliphatic imine (C=N–C) groups is 1. The van der Waals surface area contributed by atoms with E-state index in [1.54, 1.807) is 13.8 Å². The number of amidine groups is 1. The molecule has 2 rings (SSSR count). The Balaban J connectivity index is 2.17. The highest BCUT2D eigenvalue weighted by Gasteiger charge is 2.57. The summed E-state index contributed by atoms with van der Waals surface area (Å²) >= 11 is 0. The van der Waals surface area contributed by atoms with Crippen LogP contribution in [0.5, 0.6) is 0 Å². The number of hydrogen-bond donors (Lipinski definition) is 6. The first-order valence-electron chi connectivity index (χ1n) is 11.7. The molecular formula is C23H34N6O7. The summed E-state index contributed by atoms with van der Waals surface area (Å²) < 4.78 is 15.9. The molecule has 1 aliphatic heterocycles. The van der Waals surface area contributed by atoms with Crippen molar-refractivity contribution in [2.24, 2.45) is 16.6 Å². The van der Waals surface area contributed by atoms with Gasteiger partial charge in [0.15, 0.2) is 5.84 Å². The van der Waals surface area contributed by atoms with E-state index < -0.39 is 48.6 Å². The monoisotopic (exact) mass is 506 g/mol. The van der Waals surface area contributed by atoms with E-state index in [9.17, 15) is 25.1 Å². The summed E-state index contributed by atoms with van der Waals surface area (Å²) in [5.74, 6) is -0.940. The quantitative estimate of drug-likeness (QED) is 0.107. The van der Waals surface area contributed by atoms with Crippen molar-refractivity contribution in [2.45, 2.75) is 70.0 Å². The summed E-state index contributed by atoms with van der Waals surface area (Å²) in [7, 11) is 0. The molecule has 36 heavy (non-hydrogen) atoms. The zero-order chi connectivity index (χ0) is 26.9. The molecule has 1 saturated heterocycles. The number of aromatic nitrogens is 1. The first-order chi connectivity index (χ1) is 17.1. The number of nitriles is 1. The average Bonchev–Trinajstić information content (AvgIpc) is 3.44. The molecule has 1 amide bonds. The minimum absolute atomic E-state index is 0.0510. The topological polar surface area (TPSA) is 216 Å². The first kappa shape index (κ1) is 28.9. The van der Waals surface area contributed by atoms with Gasteiger partial charge in [0.05, 0.1) is 18.0 Å². The number of ether oxygens (including phenoxy) is 3. The number of nitrogens with two attached hydrogens (primary N) is 1. The Morgan fingerprint density at radius 1 is 1.39 bits per heavy atom. The molecule has 0 aromatic carbocycles. The Bertz CT molecular complexity index is 988. The van der Waals surface area contributed by atoms with Crippen LogP contribution in [-0.4, -0.2) is 77.0 Å². The standard InChI is InChI=1S/C23H34N6O7/c1-4-5-6-9-34-22(33)29-20(27-12-25)14-7-8-16(28-14)23(11-24)19(31)18(30)15(36-23)10-35-21(32)17(26)13(2)3/h7-8,12-13,15,17-19,28,30-31H,4-6,9-10,26H2,1-3H3,(H2,25,27,29,33)/t15-,17+,18-,19-,23+/m1/s1. The van der Waals surface area contributed by atoms with Crippen molar-refractivity contribution in [1.29, 1.82) is 10.7 Å². The van der Waals surface area contributed by atoms with Crippen LogP contribution in [0.4, 0.5) is 4.79 Å². The van der Waals surface area contributed by atoms with E-state index in [4.69, 9.17) is 25.4 Å². The minimum atomic E-state index is -2.04. The lowest BCUT2D eigenvalue weighted by molar-refractivity contribution is -0.153. The highest BCUT2D eigenvalue weighted by molar-refractivity contribution is 6.07. The third-order valence-corrected chi connectivity index (χ3v) is 5.74.